The van der Waals surface area contributed by atoms with Gasteiger partial charge in [0.15, 0.2) is 0 Å². The molecule has 1 aliphatic heterocycles. The molecule has 0 saturated carbocycles. The average molecular weight is 330 g/mol. The van der Waals surface area contributed by atoms with Crippen molar-refractivity contribution in [2.45, 2.75) is 26.3 Å². The first-order valence-electron chi connectivity index (χ1n) is 7.24. The number of likely N-dealkylation sites (tertiary alicyclic amines) is 1. The summed E-state index contributed by atoms with van der Waals surface area (Å²) in [5.74, 6) is 0.539. The second-order valence-electron chi connectivity index (χ2n) is 6.26. The Morgan fingerprint density at radius 1 is 1.50 bits per heavy atom. The topological polar surface area (TPSA) is 81.6 Å². The number of nitro groups is 1. The Bertz CT molecular complexity index is 511. The molecule has 2 N–H and O–H groups in total. The lowest BCUT2D eigenvalue weighted by Crippen LogP contribution is -2.53. The van der Waals surface area contributed by atoms with E-state index < -0.39 is 4.92 Å². The summed E-state index contributed by atoms with van der Waals surface area (Å²) in [7, 11) is 0. The SMILES string of the molecule is CC1(C)CN(CCOc2cccc([N+](=O)[O-])c2)CCC1N.Cl. The number of ether oxygens (including phenoxy) is 1. The molecule has 0 amide bonds. The van der Waals surface area contributed by atoms with Gasteiger partial charge in [-0.1, -0.05) is 19.9 Å². The van der Waals surface area contributed by atoms with Gasteiger partial charge >= 0.3 is 0 Å². The van der Waals surface area contributed by atoms with Gasteiger partial charge < -0.3 is 10.5 Å². The molecular formula is C15H24ClN3O3. The van der Waals surface area contributed by atoms with Crippen LogP contribution in [0.2, 0.25) is 0 Å². The summed E-state index contributed by atoms with van der Waals surface area (Å²) in [5.41, 5.74) is 6.29. The summed E-state index contributed by atoms with van der Waals surface area (Å²) < 4.78 is 5.62. The molecule has 1 unspecified atom stereocenters. The minimum Gasteiger partial charge on any atom is -0.492 e. The van der Waals surface area contributed by atoms with Gasteiger partial charge in [-0.3, -0.25) is 15.0 Å². The molecule has 0 aromatic heterocycles. The molecule has 6 nitrogen and oxygen atoms in total. The number of rotatable bonds is 5. The van der Waals surface area contributed by atoms with E-state index in [2.05, 4.69) is 18.7 Å². The van der Waals surface area contributed by atoms with Crippen molar-refractivity contribution in [2.75, 3.05) is 26.2 Å². The van der Waals surface area contributed by atoms with Crippen molar-refractivity contribution in [3.8, 4) is 5.75 Å². The Morgan fingerprint density at radius 2 is 2.23 bits per heavy atom. The number of piperidine rings is 1. The van der Waals surface area contributed by atoms with Crippen molar-refractivity contribution in [1.82, 2.24) is 4.90 Å². The smallest absolute Gasteiger partial charge is 0.273 e. The Balaban J connectivity index is 0.00000242. The van der Waals surface area contributed by atoms with Crippen LogP contribution in [0.4, 0.5) is 5.69 Å². The monoisotopic (exact) mass is 329 g/mol. The average Bonchev–Trinajstić information content (AvgIpc) is 2.43. The van der Waals surface area contributed by atoms with E-state index in [4.69, 9.17) is 10.5 Å². The number of nitro benzene ring substituents is 1. The van der Waals surface area contributed by atoms with Crippen molar-refractivity contribution in [3.63, 3.8) is 0 Å². The van der Waals surface area contributed by atoms with E-state index in [1.807, 2.05) is 0 Å². The van der Waals surface area contributed by atoms with Gasteiger partial charge in [0.1, 0.15) is 12.4 Å². The van der Waals surface area contributed by atoms with Crippen molar-refractivity contribution >= 4 is 18.1 Å². The number of benzene rings is 1. The molecule has 1 fully saturated rings. The highest BCUT2D eigenvalue weighted by molar-refractivity contribution is 5.85. The molecule has 1 aliphatic rings. The predicted molar refractivity (Wildman–Crippen MR) is 88.7 cm³/mol. The Hall–Kier alpha value is -1.37. The van der Waals surface area contributed by atoms with E-state index >= 15 is 0 Å². The molecule has 1 heterocycles. The van der Waals surface area contributed by atoms with E-state index in [0.29, 0.717) is 12.4 Å². The van der Waals surface area contributed by atoms with Crippen LogP contribution in [-0.2, 0) is 0 Å². The third kappa shape index (κ3) is 4.83. The van der Waals surface area contributed by atoms with E-state index in [1.165, 1.54) is 12.1 Å². The highest BCUT2D eigenvalue weighted by atomic mass is 35.5. The Labute approximate surface area is 137 Å². The normalized spacial score (nSPS) is 21.0. The quantitative estimate of drug-likeness (QED) is 0.663. The zero-order valence-electron chi connectivity index (χ0n) is 13.0. The number of non-ortho nitro benzene ring substituents is 1. The molecule has 1 atom stereocenters. The van der Waals surface area contributed by atoms with Crippen molar-refractivity contribution in [3.05, 3.63) is 34.4 Å². The van der Waals surface area contributed by atoms with Crippen LogP contribution in [-0.4, -0.2) is 42.1 Å². The molecule has 124 valence electrons. The predicted octanol–water partition coefficient (Wildman–Crippen LogP) is 2.45. The maximum Gasteiger partial charge on any atom is 0.273 e. The van der Waals surface area contributed by atoms with Gasteiger partial charge in [0, 0.05) is 25.2 Å². The van der Waals surface area contributed by atoms with Crippen LogP contribution in [0, 0.1) is 15.5 Å². The first-order chi connectivity index (χ1) is 9.88. The number of halogens is 1. The molecule has 0 spiro atoms. The van der Waals surface area contributed by atoms with Crippen LogP contribution >= 0.6 is 12.4 Å². The maximum atomic E-state index is 10.7. The second kappa shape index (κ2) is 7.76. The highest BCUT2D eigenvalue weighted by Crippen LogP contribution is 2.27. The van der Waals surface area contributed by atoms with Crippen LogP contribution in [0.3, 0.4) is 0 Å². The lowest BCUT2D eigenvalue weighted by Gasteiger charge is -2.42. The first-order valence-corrected chi connectivity index (χ1v) is 7.24. The zero-order chi connectivity index (χ0) is 15.5. The van der Waals surface area contributed by atoms with Crippen LogP contribution in [0.25, 0.3) is 0 Å². The van der Waals surface area contributed by atoms with Crippen LogP contribution in [0.1, 0.15) is 20.3 Å². The lowest BCUT2D eigenvalue weighted by molar-refractivity contribution is -0.384. The number of nitrogens with two attached hydrogens (primary N) is 1. The molecule has 7 heteroatoms. The van der Waals surface area contributed by atoms with Gasteiger partial charge in [0.2, 0.25) is 0 Å². The van der Waals surface area contributed by atoms with E-state index in [0.717, 1.165) is 26.1 Å². The minimum absolute atomic E-state index is 0. The van der Waals surface area contributed by atoms with Crippen LogP contribution in [0.5, 0.6) is 5.75 Å². The molecule has 0 aliphatic carbocycles. The standard InChI is InChI=1S/C15H23N3O3.ClH/c1-15(2)11-17(7-6-14(15)16)8-9-21-13-5-3-4-12(10-13)18(19)20;/h3-5,10,14H,6-9,11,16H2,1-2H3;1H. The van der Waals surface area contributed by atoms with Crippen molar-refractivity contribution < 1.29 is 9.66 Å². The van der Waals surface area contributed by atoms with Gasteiger partial charge in [0.25, 0.3) is 5.69 Å². The Kier molecular flexibility index (Phi) is 6.59. The number of hydrogen-bond acceptors (Lipinski definition) is 5. The molecule has 1 saturated heterocycles. The highest BCUT2D eigenvalue weighted by Gasteiger charge is 2.33. The third-order valence-electron chi connectivity index (χ3n) is 4.10. The molecule has 0 radical (unpaired) electrons. The first kappa shape index (κ1) is 18.7. The van der Waals surface area contributed by atoms with E-state index in [1.54, 1.807) is 12.1 Å². The molecule has 1 aromatic carbocycles. The number of hydrogen-bond donors (Lipinski definition) is 1. The summed E-state index contributed by atoms with van der Waals surface area (Å²) in [6.07, 6.45) is 0.990. The second-order valence-corrected chi connectivity index (χ2v) is 6.26. The number of nitrogens with zero attached hydrogens (tertiary/aromatic N) is 2. The van der Waals surface area contributed by atoms with Crippen LogP contribution in [0.15, 0.2) is 24.3 Å². The fourth-order valence-electron chi connectivity index (χ4n) is 2.66. The summed E-state index contributed by atoms with van der Waals surface area (Å²) in [4.78, 5) is 12.6. The molecule has 1 aromatic rings. The zero-order valence-corrected chi connectivity index (χ0v) is 13.8. The molecular weight excluding hydrogens is 306 g/mol. The van der Waals surface area contributed by atoms with E-state index in [-0.39, 0.29) is 29.6 Å². The molecule has 0 bridgehead atoms. The van der Waals surface area contributed by atoms with Crippen molar-refractivity contribution in [2.24, 2.45) is 11.1 Å². The van der Waals surface area contributed by atoms with Gasteiger partial charge in [-0.25, -0.2) is 0 Å². The minimum atomic E-state index is -0.415. The van der Waals surface area contributed by atoms with Gasteiger partial charge in [0.05, 0.1) is 11.0 Å². The fraction of sp³-hybridized carbons (Fsp3) is 0.600. The summed E-state index contributed by atoms with van der Waals surface area (Å²) in [6.45, 7) is 7.62. The van der Waals surface area contributed by atoms with E-state index in [9.17, 15) is 10.1 Å². The molecule has 22 heavy (non-hydrogen) atoms. The summed E-state index contributed by atoms with van der Waals surface area (Å²) in [5, 5.41) is 10.7. The van der Waals surface area contributed by atoms with Gasteiger partial charge in [-0.05, 0) is 24.4 Å². The lowest BCUT2D eigenvalue weighted by atomic mass is 9.80. The molecule has 2 rings (SSSR count). The van der Waals surface area contributed by atoms with Crippen molar-refractivity contribution in [1.29, 1.82) is 0 Å². The van der Waals surface area contributed by atoms with Gasteiger partial charge in [-0.15, -0.1) is 12.4 Å². The van der Waals surface area contributed by atoms with Gasteiger partial charge in [-0.2, -0.15) is 0 Å². The Morgan fingerprint density at radius 3 is 2.86 bits per heavy atom. The largest absolute Gasteiger partial charge is 0.492 e. The third-order valence-corrected chi connectivity index (χ3v) is 4.10. The summed E-state index contributed by atoms with van der Waals surface area (Å²) in [6, 6.07) is 6.53. The van der Waals surface area contributed by atoms with Crippen LogP contribution < -0.4 is 10.5 Å². The maximum absolute atomic E-state index is 10.7. The fourth-order valence-corrected chi connectivity index (χ4v) is 2.66. The summed E-state index contributed by atoms with van der Waals surface area (Å²) >= 11 is 0.